The lowest BCUT2D eigenvalue weighted by Gasteiger charge is -2.13. The van der Waals surface area contributed by atoms with Crippen LogP contribution in [0.2, 0.25) is 0 Å². The number of primary amides is 1. The fourth-order valence-corrected chi connectivity index (χ4v) is 3.72. The van der Waals surface area contributed by atoms with Gasteiger partial charge >= 0.3 is 6.18 Å². The summed E-state index contributed by atoms with van der Waals surface area (Å²) in [6.07, 6.45) is -2.16. The molecule has 0 saturated carbocycles. The van der Waals surface area contributed by atoms with E-state index in [0.717, 1.165) is 29.0 Å². The lowest BCUT2D eigenvalue weighted by molar-refractivity contribution is -0.137. The van der Waals surface area contributed by atoms with E-state index < -0.39 is 33.0 Å². The minimum Gasteiger partial charge on any atom is -0.365 e. The standard InChI is InChI=1S/C21H17F3N2O4S/c1-31(29,30)17-7-5-13(6-8-17)11-14-9-10-26(20(28)18(14)19(25)27)16-4-2-3-15(12-16)21(22,23)24/h2-10,12H,11H2,1H3,(H2,25,27). The molecule has 0 atom stereocenters. The van der Waals surface area contributed by atoms with Crippen molar-refractivity contribution in [2.75, 3.05) is 6.26 Å². The van der Waals surface area contributed by atoms with Crippen LogP contribution in [0, 0.1) is 0 Å². The quantitative estimate of drug-likeness (QED) is 0.646. The molecule has 2 N–H and O–H groups in total. The summed E-state index contributed by atoms with van der Waals surface area (Å²) in [5.41, 5.74) is 4.07. The molecule has 0 bridgehead atoms. The molecule has 6 nitrogen and oxygen atoms in total. The van der Waals surface area contributed by atoms with E-state index in [0.29, 0.717) is 5.56 Å². The van der Waals surface area contributed by atoms with Crippen LogP contribution in [0.3, 0.4) is 0 Å². The second-order valence-corrected chi connectivity index (χ2v) is 8.91. The number of pyridine rings is 1. The first-order valence-corrected chi connectivity index (χ1v) is 10.8. The van der Waals surface area contributed by atoms with Crippen LogP contribution in [-0.2, 0) is 22.4 Å². The lowest BCUT2D eigenvalue weighted by atomic mass is 10.0. The topological polar surface area (TPSA) is 99.2 Å². The van der Waals surface area contributed by atoms with Gasteiger partial charge in [0.05, 0.1) is 10.5 Å². The molecule has 3 aromatic rings. The number of carbonyl (C=O) groups is 1. The van der Waals surface area contributed by atoms with Gasteiger partial charge in [-0.2, -0.15) is 13.2 Å². The molecule has 1 heterocycles. The van der Waals surface area contributed by atoms with Crippen molar-refractivity contribution in [3.8, 4) is 5.69 Å². The van der Waals surface area contributed by atoms with Gasteiger partial charge in [0.2, 0.25) is 0 Å². The van der Waals surface area contributed by atoms with Gasteiger partial charge in [-0.3, -0.25) is 14.2 Å². The average molecular weight is 450 g/mol. The highest BCUT2D eigenvalue weighted by atomic mass is 32.2. The summed E-state index contributed by atoms with van der Waals surface area (Å²) in [5.74, 6) is -1.02. The van der Waals surface area contributed by atoms with Gasteiger partial charge in [-0.25, -0.2) is 8.42 Å². The Bertz CT molecular complexity index is 1310. The van der Waals surface area contributed by atoms with Crippen LogP contribution < -0.4 is 11.3 Å². The number of benzene rings is 2. The average Bonchev–Trinajstić information content (AvgIpc) is 2.67. The van der Waals surface area contributed by atoms with Gasteiger partial charge < -0.3 is 5.73 Å². The maximum atomic E-state index is 13.0. The summed E-state index contributed by atoms with van der Waals surface area (Å²) in [5, 5.41) is 0. The monoisotopic (exact) mass is 450 g/mol. The van der Waals surface area contributed by atoms with Crippen molar-refractivity contribution in [3.05, 3.63) is 93.4 Å². The number of carbonyl (C=O) groups excluding carboxylic acids is 1. The molecule has 0 aliphatic rings. The van der Waals surface area contributed by atoms with E-state index >= 15 is 0 Å². The van der Waals surface area contributed by atoms with E-state index in [9.17, 15) is 31.2 Å². The molecule has 2 aromatic carbocycles. The van der Waals surface area contributed by atoms with Gasteiger partial charge in [0, 0.05) is 18.1 Å². The minimum absolute atomic E-state index is 0.0635. The van der Waals surface area contributed by atoms with Gasteiger partial charge in [0.1, 0.15) is 5.56 Å². The minimum atomic E-state index is -4.59. The van der Waals surface area contributed by atoms with E-state index in [-0.39, 0.29) is 28.1 Å². The first-order chi connectivity index (χ1) is 14.4. The zero-order valence-electron chi connectivity index (χ0n) is 16.2. The second-order valence-electron chi connectivity index (χ2n) is 6.90. The predicted octanol–water partition coefficient (Wildman–Crippen LogP) is 2.95. The Morgan fingerprint density at radius 3 is 2.26 bits per heavy atom. The Balaban J connectivity index is 2.05. The van der Waals surface area contributed by atoms with Crippen molar-refractivity contribution in [2.45, 2.75) is 17.5 Å². The Labute approximate surface area is 175 Å². The molecule has 0 radical (unpaired) electrons. The molecule has 0 aliphatic carbocycles. The number of alkyl halides is 3. The van der Waals surface area contributed by atoms with Crippen LogP contribution in [0.25, 0.3) is 5.69 Å². The fourth-order valence-electron chi connectivity index (χ4n) is 3.09. The number of hydrogen-bond donors (Lipinski definition) is 1. The van der Waals surface area contributed by atoms with Crippen molar-refractivity contribution < 1.29 is 26.4 Å². The highest BCUT2D eigenvalue weighted by Gasteiger charge is 2.30. The molecule has 0 aliphatic heterocycles. The van der Waals surface area contributed by atoms with Crippen LogP contribution in [0.1, 0.15) is 27.0 Å². The van der Waals surface area contributed by atoms with Crippen molar-refractivity contribution in [1.82, 2.24) is 4.57 Å². The predicted molar refractivity (Wildman–Crippen MR) is 108 cm³/mol. The molecule has 0 fully saturated rings. The molecule has 10 heteroatoms. The third-order valence-corrected chi connectivity index (χ3v) is 5.75. The van der Waals surface area contributed by atoms with Crippen molar-refractivity contribution in [3.63, 3.8) is 0 Å². The Morgan fingerprint density at radius 1 is 1.06 bits per heavy atom. The lowest BCUT2D eigenvalue weighted by Crippen LogP contribution is -2.30. The Morgan fingerprint density at radius 2 is 1.71 bits per heavy atom. The first kappa shape index (κ1) is 22.3. The third kappa shape index (κ3) is 4.85. The van der Waals surface area contributed by atoms with Crippen LogP contribution in [-0.4, -0.2) is 25.1 Å². The van der Waals surface area contributed by atoms with Gasteiger partial charge in [0.15, 0.2) is 9.84 Å². The van der Waals surface area contributed by atoms with E-state index in [1.807, 2.05) is 0 Å². The molecular formula is C21H17F3N2O4S. The molecule has 162 valence electrons. The normalized spacial score (nSPS) is 12.0. The number of amides is 1. The van der Waals surface area contributed by atoms with Gasteiger partial charge in [0.25, 0.3) is 11.5 Å². The summed E-state index contributed by atoms with van der Waals surface area (Å²) >= 11 is 0. The van der Waals surface area contributed by atoms with Crippen LogP contribution in [0.5, 0.6) is 0 Å². The molecular weight excluding hydrogens is 433 g/mol. The maximum Gasteiger partial charge on any atom is 0.416 e. The third-order valence-electron chi connectivity index (χ3n) is 4.62. The molecule has 0 spiro atoms. The SMILES string of the molecule is CS(=O)(=O)c1ccc(Cc2ccn(-c3cccc(C(F)(F)F)c3)c(=O)c2C(N)=O)cc1. The summed E-state index contributed by atoms with van der Waals surface area (Å²) in [7, 11) is -3.38. The van der Waals surface area contributed by atoms with E-state index in [2.05, 4.69) is 0 Å². The number of rotatable bonds is 5. The zero-order chi connectivity index (χ0) is 23.0. The smallest absolute Gasteiger partial charge is 0.365 e. The highest BCUT2D eigenvalue weighted by Crippen LogP contribution is 2.30. The largest absolute Gasteiger partial charge is 0.416 e. The van der Waals surface area contributed by atoms with Crippen molar-refractivity contribution >= 4 is 15.7 Å². The number of nitrogens with two attached hydrogens (primary N) is 1. The van der Waals surface area contributed by atoms with Crippen LogP contribution in [0.4, 0.5) is 13.2 Å². The van der Waals surface area contributed by atoms with E-state index in [1.54, 1.807) is 12.1 Å². The Hall–Kier alpha value is -3.40. The maximum absolute atomic E-state index is 13.0. The molecule has 1 amide bonds. The van der Waals surface area contributed by atoms with Crippen molar-refractivity contribution in [2.24, 2.45) is 5.73 Å². The zero-order valence-corrected chi connectivity index (χ0v) is 17.0. The van der Waals surface area contributed by atoms with Gasteiger partial charge in [-0.15, -0.1) is 0 Å². The van der Waals surface area contributed by atoms with Crippen LogP contribution in [0.15, 0.2) is 70.5 Å². The molecule has 31 heavy (non-hydrogen) atoms. The highest BCUT2D eigenvalue weighted by molar-refractivity contribution is 7.90. The molecule has 1 aromatic heterocycles. The summed E-state index contributed by atoms with van der Waals surface area (Å²) in [6, 6.07) is 11.5. The number of halogens is 3. The summed E-state index contributed by atoms with van der Waals surface area (Å²) in [4.78, 5) is 25.0. The summed E-state index contributed by atoms with van der Waals surface area (Å²) in [6.45, 7) is 0. The molecule has 0 saturated heterocycles. The number of aromatic nitrogens is 1. The van der Waals surface area contributed by atoms with Crippen molar-refractivity contribution in [1.29, 1.82) is 0 Å². The molecule has 0 unspecified atom stereocenters. The fraction of sp³-hybridized carbons (Fsp3) is 0.143. The van der Waals surface area contributed by atoms with Crippen LogP contribution >= 0.6 is 0 Å². The summed E-state index contributed by atoms with van der Waals surface area (Å²) < 4.78 is 63.1. The first-order valence-electron chi connectivity index (χ1n) is 8.89. The number of nitrogens with zero attached hydrogens (tertiary/aromatic N) is 1. The van der Waals surface area contributed by atoms with Gasteiger partial charge in [-0.1, -0.05) is 18.2 Å². The second kappa shape index (κ2) is 8.03. The molecule has 3 rings (SSSR count). The number of hydrogen-bond acceptors (Lipinski definition) is 4. The number of sulfone groups is 1. The van der Waals surface area contributed by atoms with E-state index in [1.165, 1.54) is 30.5 Å². The Kier molecular flexibility index (Phi) is 5.77. The van der Waals surface area contributed by atoms with Gasteiger partial charge in [-0.05, 0) is 53.9 Å². The van der Waals surface area contributed by atoms with E-state index in [4.69, 9.17) is 5.73 Å².